The minimum atomic E-state index is 0.0689. The molecule has 2 aromatic carbocycles. The van der Waals surface area contributed by atoms with Gasteiger partial charge in [0.25, 0.3) is 0 Å². The molecule has 19 heavy (non-hydrogen) atoms. The normalized spacial score (nSPS) is 18.1. The number of aryl methyl sites for hydroxylation is 1. The number of carbonyl (C=O) groups excluding carboxylic acids is 1. The van der Waals surface area contributed by atoms with Crippen molar-refractivity contribution in [3.05, 3.63) is 65.2 Å². The molecule has 0 aromatic heterocycles. The first-order valence-electron chi connectivity index (χ1n) is 6.64. The van der Waals surface area contributed by atoms with Crippen molar-refractivity contribution in [3.8, 4) is 5.75 Å². The summed E-state index contributed by atoms with van der Waals surface area (Å²) in [6.45, 7) is 0. The van der Waals surface area contributed by atoms with Gasteiger partial charge in [-0.2, -0.15) is 0 Å². The number of fused-ring (bicyclic) bond motifs is 1. The van der Waals surface area contributed by atoms with Crippen LogP contribution in [0.2, 0.25) is 0 Å². The Hall–Kier alpha value is -2.09. The quantitative estimate of drug-likeness (QED) is 0.889. The van der Waals surface area contributed by atoms with Gasteiger partial charge in [-0.15, -0.1) is 0 Å². The van der Waals surface area contributed by atoms with E-state index in [-0.39, 0.29) is 17.5 Å². The average Bonchev–Trinajstić information content (AvgIpc) is 2.43. The summed E-state index contributed by atoms with van der Waals surface area (Å²) in [5.41, 5.74) is 2.97. The largest absolute Gasteiger partial charge is 0.508 e. The molecule has 0 spiro atoms. The van der Waals surface area contributed by atoms with E-state index in [1.165, 1.54) is 5.56 Å². The number of carbonyl (C=O) groups is 1. The van der Waals surface area contributed by atoms with Crippen LogP contribution in [0.15, 0.2) is 48.5 Å². The Bertz CT molecular complexity index is 602. The van der Waals surface area contributed by atoms with Crippen molar-refractivity contribution in [2.75, 3.05) is 0 Å². The third kappa shape index (κ3) is 2.39. The van der Waals surface area contributed by atoms with Crippen molar-refractivity contribution in [1.82, 2.24) is 0 Å². The smallest absolute Gasteiger partial charge is 0.166 e. The highest BCUT2D eigenvalue weighted by Gasteiger charge is 2.27. The Morgan fingerprint density at radius 3 is 2.68 bits per heavy atom. The number of rotatable bonds is 2. The van der Waals surface area contributed by atoms with Gasteiger partial charge in [-0.3, -0.25) is 4.79 Å². The molecule has 1 atom stereocenters. The number of aromatic hydroxyl groups is 1. The maximum absolute atomic E-state index is 12.5. The van der Waals surface area contributed by atoms with E-state index in [4.69, 9.17) is 0 Å². The van der Waals surface area contributed by atoms with Gasteiger partial charge >= 0.3 is 0 Å². The lowest BCUT2D eigenvalue weighted by Crippen LogP contribution is -2.24. The van der Waals surface area contributed by atoms with Gasteiger partial charge in [-0.1, -0.05) is 30.3 Å². The number of phenolic OH excluding ortho intramolecular Hbond substituents is 1. The second-order valence-electron chi connectivity index (χ2n) is 5.13. The molecule has 1 unspecified atom stereocenters. The predicted molar refractivity (Wildman–Crippen MR) is 74.4 cm³/mol. The second kappa shape index (κ2) is 4.88. The minimum absolute atomic E-state index is 0.0689. The van der Waals surface area contributed by atoms with Crippen LogP contribution in [0.3, 0.4) is 0 Å². The zero-order valence-electron chi connectivity index (χ0n) is 10.7. The molecule has 0 saturated carbocycles. The van der Waals surface area contributed by atoms with E-state index in [0.29, 0.717) is 0 Å². The van der Waals surface area contributed by atoms with E-state index >= 15 is 0 Å². The van der Waals surface area contributed by atoms with E-state index < -0.39 is 0 Å². The maximum Gasteiger partial charge on any atom is 0.166 e. The first-order chi connectivity index (χ1) is 9.24. The molecular formula is C17H16O2. The van der Waals surface area contributed by atoms with E-state index in [1.54, 1.807) is 18.2 Å². The lowest BCUT2D eigenvalue weighted by molar-refractivity contribution is 0.0901. The molecular weight excluding hydrogens is 236 g/mol. The van der Waals surface area contributed by atoms with Crippen LogP contribution in [0.5, 0.6) is 5.75 Å². The lowest BCUT2D eigenvalue weighted by Gasteiger charge is -2.23. The SMILES string of the molecule is O=C1c2ccc(O)cc2CCC1Cc1ccccc1. The summed E-state index contributed by atoms with van der Waals surface area (Å²) in [4.78, 5) is 12.5. The van der Waals surface area contributed by atoms with Gasteiger partial charge in [0, 0.05) is 11.5 Å². The molecule has 1 aliphatic carbocycles. The van der Waals surface area contributed by atoms with Gasteiger partial charge in [-0.05, 0) is 48.6 Å². The summed E-state index contributed by atoms with van der Waals surface area (Å²) < 4.78 is 0. The molecule has 1 N–H and O–H groups in total. The van der Waals surface area contributed by atoms with Crippen LogP contribution in [0.25, 0.3) is 0 Å². The number of ketones is 1. The van der Waals surface area contributed by atoms with E-state index in [1.807, 2.05) is 18.2 Å². The number of benzene rings is 2. The fraction of sp³-hybridized carbons (Fsp3) is 0.235. The van der Waals surface area contributed by atoms with Gasteiger partial charge in [0.15, 0.2) is 5.78 Å². The number of phenols is 1. The van der Waals surface area contributed by atoms with E-state index in [9.17, 15) is 9.90 Å². The van der Waals surface area contributed by atoms with Gasteiger partial charge in [-0.25, -0.2) is 0 Å². The number of hydrogen-bond donors (Lipinski definition) is 1. The van der Waals surface area contributed by atoms with Gasteiger partial charge in [0.05, 0.1) is 0 Å². The van der Waals surface area contributed by atoms with Crippen molar-refractivity contribution < 1.29 is 9.90 Å². The summed E-state index contributed by atoms with van der Waals surface area (Å²) in [6.07, 6.45) is 2.54. The van der Waals surface area contributed by atoms with Gasteiger partial charge in [0.1, 0.15) is 5.75 Å². The van der Waals surface area contributed by atoms with Crippen molar-refractivity contribution in [1.29, 1.82) is 0 Å². The summed E-state index contributed by atoms with van der Waals surface area (Å²) >= 11 is 0. The fourth-order valence-corrected chi connectivity index (χ4v) is 2.80. The Balaban J connectivity index is 1.84. The van der Waals surface area contributed by atoms with Crippen molar-refractivity contribution >= 4 is 5.78 Å². The van der Waals surface area contributed by atoms with Crippen LogP contribution in [0.4, 0.5) is 0 Å². The molecule has 2 aromatic rings. The highest BCUT2D eigenvalue weighted by molar-refractivity contribution is 6.00. The summed E-state index contributed by atoms with van der Waals surface area (Å²) in [6, 6.07) is 15.2. The highest BCUT2D eigenvalue weighted by Crippen LogP contribution is 2.30. The lowest BCUT2D eigenvalue weighted by atomic mass is 9.80. The predicted octanol–water partition coefficient (Wildman–Crippen LogP) is 3.38. The van der Waals surface area contributed by atoms with Crippen LogP contribution in [-0.4, -0.2) is 10.9 Å². The average molecular weight is 252 g/mol. The van der Waals surface area contributed by atoms with Gasteiger partial charge < -0.3 is 5.11 Å². The van der Waals surface area contributed by atoms with Crippen molar-refractivity contribution in [2.45, 2.75) is 19.3 Å². The molecule has 0 bridgehead atoms. The molecule has 0 saturated heterocycles. The van der Waals surface area contributed by atoms with E-state index in [2.05, 4.69) is 12.1 Å². The zero-order valence-corrected chi connectivity index (χ0v) is 10.7. The third-order valence-electron chi connectivity index (χ3n) is 3.81. The van der Waals surface area contributed by atoms with Crippen LogP contribution in [-0.2, 0) is 12.8 Å². The van der Waals surface area contributed by atoms with Crippen LogP contribution >= 0.6 is 0 Å². The Labute approximate surface area is 112 Å². The van der Waals surface area contributed by atoms with Crippen LogP contribution in [0.1, 0.15) is 27.9 Å². The second-order valence-corrected chi connectivity index (χ2v) is 5.13. The van der Waals surface area contributed by atoms with E-state index in [0.717, 1.165) is 30.4 Å². The molecule has 0 amide bonds. The Morgan fingerprint density at radius 1 is 1.11 bits per heavy atom. The molecule has 2 heteroatoms. The van der Waals surface area contributed by atoms with Crippen LogP contribution < -0.4 is 0 Å². The molecule has 1 aliphatic rings. The molecule has 3 rings (SSSR count). The number of Topliss-reactive ketones (excluding diaryl/α,β-unsaturated/α-hetero) is 1. The summed E-state index contributed by atoms with van der Waals surface area (Å²) in [5.74, 6) is 0.526. The minimum Gasteiger partial charge on any atom is -0.508 e. The highest BCUT2D eigenvalue weighted by atomic mass is 16.3. The number of hydrogen-bond acceptors (Lipinski definition) is 2. The van der Waals surface area contributed by atoms with Crippen molar-refractivity contribution in [3.63, 3.8) is 0 Å². The topological polar surface area (TPSA) is 37.3 Å². The first-order valence-corrected chi connectivity index (χ1v) is 6.64. The van der Waals surface area contributed by atoms with Crippen LogP contribution in [0, 0.1) is 5.92 Å². The molecule has 96 valence electrons. The third-order valence-corrected chi connectivity index (χ3v) is 3.81. The molecule has 0 fully saturated rings. The summed E-state index contributed by atoms with van der Waals surface area (Å²) in [5, 5.41) is 9.46. The fourth-order valence-electron chi connectivity index (χ4n) is 2.80. The zero-order chi connectivity index (χ0) is 13.2. The first kappa shape index (κ1) is 12.0. The monoisotopic (exact) mass is 252 g/mol. The Kier molecular flexibility index (Phi) is 3.08. The summed E-state index contributed by atoms with van der Waals surface area (Å²) in [7, 11) is 0. The molecule has 2 nitrogen and oxygen atoms in total. The standard InChI is InChI=1S/C17H16O2/c18-15-8-9-16-13(11-15)6-7-14(17(16)19)10-12-4-2-1-3-5-12/h1-5,8-9,11,14,18H,6-7,10H2. The molecule has 0 heterocycles. The van der Waals surface area contributed by atoms with Gasteiger partial charge in [0.2, 0.25) is 0 Å². The molecule has 0 aliphatic heterocycles. The maximum atomic E-state index is 12.5. The Morgan fingerprint density at radius 2 is 1.89 bits per heavy atom. The van der Waals surface area contributed by atoms with Crippen molar-refractivity contribution in [2.24, 2.45) is 5.92 Å². The molecule has 0 radical (unpaired) electrons.